The van der Waals surface area contributed by atoms with Crippen molar-refractivity contribution in [3.63, 3.8) is 0 Å². The third-order valence-corrected chi connectivity index (χ3v) is 4.06. The molecule has 0 bridgehead atoms. The molecule has 1 aromatic carbocycles. The van der Waals surface area contributed by atoms with Gasteiger partial charge in [-0.1, -0.05) is 11.6 Å². The maximum Gasteiger partial charge on any atom is 0.0994 e. The number of nitrogens with one attached hydrogen (secondary N) is 1. The summed E-state index contributed by atoms with van der Waals surface area (Å²) in [5.41, 5.74) is 2.65. The largest absolute Gasteiger partial charge is 0.317 e. The van der Waals surface area contributed by atoms with Crippen LogP contribution in [0.1, 0.15) is 30.0 Å². The number of hydrogen-bond donors (Lipinski definition) is 1. The summed E-state index contributed by atoms with van der Waals surface area (Å²) in [4.78, 5) is 4.28. The molecule has 1 fully saturated rings. The van der Waals surface area contributed by atoms with Gasteiger partial charge in [-0.25, -0.2) is 4.98 Å². The van der Waals surface area contributed by atoms with Crippen LogP contribution in [-0.4, -0.2) is 22.6 Å². The van der Waals surface area contributed by atoms with Crippen LogP contribution >= 0.6 is 11.6 Å². The van der Waals surface area contributed by atoms with Gasteiger partial charge in [-0.15, -0.1) is 0 Å². The summed E-state index contributed by atoms with van der Waals surface area (Å²) in [6.45, 7) is 2.08. The van der Waals surface area contributed by atoms with Crippen LogP contribution in [0, 0.1) is 11.3 Å². The number of nitrogens with zero attached hydrogens (tertiary/aromatic N) is 3. The second kappa shape index (κ2) is 5.66. The first-order valence-electron chi connectivity index (χ1n) is 6.72. The van der Waals surface area contributed by atoms with Crippen molar-refractivity contribution in [1.82, 2.24) is 14.9 Å². The minimum Gasteiger partial charge on any atom is -0.317 e. The highest BCUT2D eigenvalue weighted by molar-refractivity contribution is 6.32. The molecule has 3 rings (SSSR count). The average molecular weight is 287 g/mol. The minimum atomic E-state index is 0.505. The van der Waals surface area contributed by atoms with Gasteiger partial charge in [0.2, 0.25) is 0 Å². The Kier molecular flexibility index (Phi) is 3.72. The Balaban J connectivity index is 1.99. The molecular weight excluding hydrogens is 272 g/mol. The van der Waals surface area contributed by atoms with Gasteiger partial charge in [0.05, 0.1) is 28.7 Å². The molecule has 0 unspecified atom stereocenters. The standard InChI is InChI=1S/C15H15ClN4/c16-13-7-11(8-17)1-2-14(13)20-10-19-9-15(20)12-3-5-18-6-4-12/h1-2,7,9-10,12,18H,3-6H2. The van der Waals surface area contributed by atoms with E-state index >= 15 is 0 Å². The Morgan fingerprint density at radius 3 is 2.85 bits per heavy atom. The second-order valence-corrected chi connectivity index (χ2v) is 5.40. The van der Waals surface area contributed by atoms with E-state index < -0.39 is 0 Å². The normalized spacial score (nSPS) is 16.0. The second-order valence-electron chi connectivity index (χ2n) is 4.99. The van der Waals surface area contributed by atoms with Gasteiger partial charge in [0.1, 0.15) is 0 Å². The lowest BCUT2D eigenvalue weighted by Gasteiger charge is -2.24. The molecule has 0 atom stereocenters. The fraction of sp³-hybridized carbons (Fsp3) is 0.333. The number of piperidine rings is 1. The molecule has 1 aliphatic rings. The molecule has 1 aliphatic heterocycles. The van der Waals surface area contributed by atoms with Gasteiger partial charge in [-0.3, -0.25) is 0 Å². The summed E-state index contributed by atoms with van der Waals surface area (Å²) in [5.74, 6) is 0.505. The van der Waals surface area contributed by atoms with Crippen molar-refractivity contribution in [2.45, 2.75) is 18.8 Å². The van der Waals surface area contributed by atoms with Gasteiger partial charge in [0, 0.05) is 17.8 Å². The minimum absolute atomic E-state index is 0.505. The third-order valence-electron chi connectivity index (χ3n) is 3.76. The SMILES string of the molecule is N#Cc1ccc(-n2cncc2C2CCNCC2)c(Cl)c1. The summed E-state index contributed by atoms with van der Waals surface area (Å²) < 4.78 is 2.04. The molecule has 20 heavy (non-hydrogen) atoms. The van der Waals surface area contributed by atoms with E-state index in [-0.39, 0.29) is 0 Å². The van der Waals surface area contributed by atoms with Gasteiger partial charge >= 0.3 is 0 Å². The van der Waals surface area contributed by atoms with E-state index in [0.29, 0.717) is 16.5 Å². The van der Waals surface area contributed by atoms with E-state index in [1.54, 1.807) is 18.5 Å². The van der Waals surface area contributed by atoms with Crippen molar-refractivity contribution in [3.8, 4) is 11.8 Å². The predicted octanol–water partition coefficient (Wildman–Crippen LogP) is 2.86. The lowest BCUT2D eigenvalue weighted by Crippen LogP contribution is -2.27. The summed E-state index contributed by atoms with van der Waals surface area (Å²) in [7, 11) is 0. The van der Waals surface area contributed by atoms with Crippen LogP contribution < -0.4 is 5.32 Å². The number of halogens is 1. The maximum atomic E-state index is 8.91. The molecule has 0 aliphatic carbocycles. The van der Waals surface area contributed by atoms with Gasteiger partial charge in [0.15, 0.2) is 0 Å². The van der Waals surface area contributed by atoms with Crippen molar-refractivity contribution < 1.29 is 0 Å². The van der Waals surface area contributed by atoms with E-state index in [4.69, 9.17) is 16.9 Å². The number of benzene rings is 1. The fourth-order valence-electron chi connectivity index (χ4n) is 2.70. The first-order valence-corrected chi connectivity index (χ1v) is 7.10. The van der Waals surface area contributed by atoms with Gasteiger partial charge < -0.3 is 9.88 Å². The molecule has 1 saturated heterocycles. The molecule has 0 spiro atoms. The smallest absolute Gasteiger partial charge is 0.0994 e. The summed E-state index contributed by atoms with van der Waals surface area (Å²) in [6, 6.07) is 7.47. The number of hydrogen-bond acceptors (Lipinski definition) is 3. The summed E-state index contributed by atoms with van der Waals surface area (Å²) in [6.07, 6.45) is 5.94. The van der Waals surface area contributed by atoms with Crippen molar-refractivity contribution in [2.75, 3.05) is 13.1 Å². The van der Waals surface area contributed by atoms with E-state index in [1.807, 2.05) is 16.8 Å². The summed E-state index contributed by atoms with van der Waals surface area (Å²) >= 11 is 6.30. The highest BCUT2D eigenvalue weighted by atomic mass is 35.5. The highest BCUT2D eigenvalue weighted by Crippen LogP contribution is 2.30. The monoisotopic (exact) mass is 286 g/mol. The lowest BCUT2D eigenvalue weighted by atomic mass is 9.95. The molecular formula is C15H15ClN4. The van der Waals surface area contributed by atoms with Crippen molar-refractivity contribution in [3.05, 3.63) is 47.0 Å². The molecule has 102 valence electrons. The van der Waals surface area contributed by atoms with Crippen molar-refractivity contribution in [1.29, 1.82) is 5.26 Å². The zero-order valence-electron chi connectivity index (χ0n) is 11.0. The van der Waals surface area contributed by atoms with Gasteiger partial charge in [-0.2, -0.15) is 5.26 Å². The number of imidazole rings is 1. The Bertz CT molecular complexity index is 650. The van der Waals surface area contributed by atoms with Crippen LogP contribution in [0.15, 0.2) is 30.7 Å². The summed E-state index contributed by atoms with van der Waals surface area (Å²) in [5, 5.41) is 12.9. The van der Waals surface area contributed by atoms with Crippen LogP contribution in [-0.2, 0) is 0 Å². The molecule has 5 heteroatoms. The van der Waals surface area contributed by atoms with Crippen LogP contribution in [0.4, 0.5) is 0 Å². The third kappa shape index (κ3) is 2.43. The van der Waals surface area contributed by atoms with Crippen LogP contribution in [0.3, 0.4) is 0 Å². The molecule has 4 nitrogen and oxygen atoms in total. The van der Waals surface area contributed by atoms with E-state index in [0.717, 1.165) is 31.6 Å². The molecule has 0 saturated carbocycles. The number of rotatable bonds is 2. The quantitative estimate of drug-likeness (QED) is 0.923. The molecule has 1 N–H and O–H groups in total. The molecule has 2 aromatic rings. The molecule has 2 heterocycles. The topological polar surface area (TPSA) is 53.6 Å². The number of nitriles is 1. The van der Waals surface area contributed by atoms with Crippen molar-refractivity contribution >= 4 is 11.6 Å². The first kappa shape index (κ1) is 13.2. The lowest BCUT2D eigenvalue weighted by molar-refractivity contribution is 0.449. The fourth-order valence-corrected chi connectivity index (χ4v) is 2.97. The Morgan fingerprint density at radius 2 is 2.15 bits per heavy atom. The Labute approximate surface area is 123 Å². The highest BCUT2D eigenvalue weighted by Gasteiger charge is 2.20. The average Bonchev–Trinajstić information content (AvgIpc) is 2.97. The Morgan fingerprint density at radius 1 is 1.35 bits per heavy atom. The zero-order chi connectivity index (χ0) is 13.9. The van der Waals surface area contributed by atoms with Crippen LogP contribution in [0.5, 0.6) is 0 Å². The first-order chi connectivity index (χ1) is 9.79. The van der Waals surface area contributed by atoms with Gasteiger partial charge in [-0.05, 0) is 44.1 Å². The van der Waals surface area contributed by atoms with Gasteiger partial charge in [0.25, 0.3) is 0 Å². The predicted molar refractivity (Wildman–Crippen MR) is 78.1 cm³/mol. The number of aromatic nitrogens is 2. The zero-order valence-corrected chi connectivity index (χ0v) is 11.8. The van der Waals surface area contributed by atoms with E-state index in [9.17, 15) is 0 Å². The maximum absolute atomic E-state index is 8.91. The van der Waals surface area contributed by atoms with Crippen LogP contribution in [0.2, 0.25) is 5.02 Å². The van der Waals surface area contributed by atoms with E-state index in [1.165, 1.54) is 5.69 Å². The van der Waals surface area contributed by atoms with Crippen LogP contribution in [0.25, 0.3) is 5.69 Å². The molecule has 1 aromatic heterocycles. The molecule has 0 amide bonds. The van der Waals surface area contributed by atoms with E-state index in [2.05, 4.69) is 16.4 Å². The Hall–Kier alpha value is -1.83. The van der Waals surface area contributed by atoms with Crippen molar-refractivity contribution in [2.24, 2.45) is 0 Å². The molecule has 0 radical (unpaired) electrons.